The van der Waals surface area contributed by atoms with E-state index in [1.807, 2.05) is 0 Å². The molecule has 3 rings (SSSR count). The molecule has 3 aromatic rings. The molecule has 11 nitrogen and oxygen atoms in total. The summed E-state index contributed by atoms with van der Waals surface area (Å²) >= 11 is 5.71. The topological polar surface area (TPSA) is 150 Å². The molecule has 1 aromatic heterocycles. The molecule has 0 atom stereocenters. The molecule has 0 spiro atoms. The number of benzene rings is 2. The normalized spacial score (nSPS) is 10.7. The third kappa shape index (κ3) is 5.42. The Hall–Kier alpha value is -4.25. The van der Waals surface area contributed by atoms with Gasteiger partial charge in [0.15, 0.2) is 12.4 Å². The van der Waals surface area contributed by atoms with E-state index in [0.717, 1.165) is 6.07 Å². The van der Waals surface area contributed by atoms with Gasteiger partial charge in [-0.1, -0.05) is 23.7 Å². The van der Waals surface area contributed by atoms with Crippen molar-refractivity contribution in [2.24, 2.45) is 5.10 Å². The van der Waals surface area contributed by atoms with Gasteiger partial charge in [0, 0.05) is 17.2 Å². The number of hydrazone groups is 1. The monoisotopic (exact) mass is 444 g/mol. The zero-order valence-corrected chi connectivity index (χ0v) is 16.3. The van der Waals surface area contributed by atoms with Crippen molar-refractivity contribution in [2.45, 2.75) is 0 Å². The smallest absolute Gasteiger partial charge is 0.312 e. The largest absolute Gasteiger partial charge is 0.477 e. The minimum Gasteiger partial charge on any atom is -0.477 e. The van der Waals surface area contributed by atoms with Gasteiger partial charge in [-0.3, -0.25) is 25.0 Å². The number of nitro benzene ring substituents is 2. The van der Waals surface area contributed by atoms with E-state index in [4.69, 9.17) is 20.8 Å². The Labute approximate surface area is 179 Å². The molecule has 0 bridgehead atoms. The average molecular weight is 445 g/mol. The highest BCUT2D eigenvalue weighted by atomic mass is 35.5. The number of rotatable bonds is 8. The Bertz CT molecular complexity index is 1180. The van der Waals surface area contributed by atoms with Crippen molar-refractivity contribution < 1.29 is 23.8 Å². The first-order valence-electron chi connectivity index (χ1n) is 8.57. The molecule has 0 saturated heterocycles. The number of hydrogen-bond acceptors (Lipinski definition) is 8. The first-order chi connectivity index (χ1) is 14.8. The van der Waals surface area contributed by atoms with Crippen LogP contribution in [0.25, 0.3) is 11.3 Å². The molecule has 1 N–H and O–H groups in total. The van der Waals surface area contributed by atoms with Crippen molar-refractivity contribution in [3.8, 4) is 17.1 Å². The minimum absolute atomic E-state index is 0.109. The van der Waals surface area contributed by atoms with E-state index in [0.29, 0.717) is 5.56 Å². The van der Waals surface area contributed by atoms with Crippen LogP contribution < -0.4 is 10.2 Å². The lowest BCUT2D eigenvalue weighted by Crippen LogP contribution is -2.24. The molecule has 0 aliphatic heterocycles. The van der Waals surface area contributed by atoms with Crippen LogP contribution in [0.1, 0.15) is 5.76 Å². The third-order valence-electron chi connectivity index (χ3n) is 3.85. The molecule has 2 aromatic carbocycles. The number of amides is 1. The van der Waals surface area contributed by atoms with Crippen molar-refractivity contribution in [1.82, 2.24) is 5.43 Å². The summed E-state index contributed by atoms with van der Waals surface area (Å²) in [5, 5.41) is 26.0. The Morgan fingerprint density at radius 2 is 1.84 bits per heavy atom. The molecule has 12 heteroatoms. The molecule has 0 saturated carbocycles. The lowest BCUT2D eigenvalue weighted by Gasteiger charge is -2.05. The predicted molar refractivity (Wildman–Crippen MR) is 110 cm³/mol. The van der Waals surface area contributed by atoms with E-state index < -0.39 is 22.4 Å². The fraction of sp³-hybridized carbons (Fsp3) is 0.0526. The van der Waals surface area contributed by atoms with Crippen LogP contribution in [0.15, 0.2) is 64.1 Å². The lowest BCUT2D eigenvalue weighted by atomic mass is 10.1. The standard InChI is InChI=1S/C19H13ClN4O7/c20-12-5-7-18(16(9-12)24(28)29)30-11-19(25)22-21-10-13-6-8-17(31-13)14-3-1-2-4-15(14)23(26)27/h1-10H,11H2,(H,22,25)/b21-10-. The van der Waals surface area contributed by atoms with Crippen LogP contribution in [0, 0.1) is 20.2 Å². The maximum Gasteiger partial charge on any atom is 0.312 e. The van der Waals surface area contributed by atoms with Gasteiger partial charge in [-0.25, -0.2) is 5.43 Å². The van der Waals surface area contributed by atoms with E-state index in [9.17, 15) is 25.0 Å². The van der Waals surface area contributed by atoms with E-state index >= 15 is 0 Å². The predicted octanol–water partition coefficient (Wildman–Crippen LogP) is 3.95. The molecular formula is C19H13ClN4O7. The third-order valence-corrected chi connectivity index (χ3v) is 4.09. The van der Waals surface area contributed by atoms with E-state index in [1.54, 1.807) is 18.2 Å². The van der Waals surface area contributed by atoms with Crippen molar-refractivity contribution in [2.75, 3.05) is 6.61 Å². The summed E-state index contributed by atoms with van der Waals surface area (Å²) in [6.07, 6.45) is 1.20. The fourth-order valence-corrected chi connectivity index (χ4v) is 2.67. The minimum atomic E-state index is -0.678. The van der Waals surface area contributed by atoms with Crippen LogP contribution in [-0.2, 0) is 4.79 Å². The van der Waals surface area contributed by atoms with Crippen LogP contribution in [0.4, 0.5) is 11.4 Å². The number of para-hydroxylation sites is 1. The van der Waals surface area contributed by atoms with Crippen molar-refractivity contribution >= 4 is 35.1 Å². The van der Waals surface area contributed by atoms with E-state index in [1.165, 1.54) is 36.5 Å². The van der Waals surface area contributed by atoms with E-state index in [2.05, 4.69) is 10.5 Å². The second-order valence-corrected chi connectivity index (χ2v) is 6.36. The van der Waals surface area contributed by atoms with E-state index in [-0.39, 0.29) is 33.7 Å². The summed E-state index contributed by atoms with van der Waals surface area (Å²) in [5.41, 5.74) is 2.00. The molecule has 31 heavy (non-hydrogen) atoms. The van der Waals surface area contributed by atoms with Gasteiger partial charge in [0.05, 0.1) is 21.6 Å². The van der Waals surface area contributed by atoms with Gasteiger partial charge in [-0.15, -0.1) is 0 Å². The molecule has 1 amide bonds. The number of carbonyl (C=O) groups is 1. The molecule has 1 heterocycles. The second kappa shape index (κ2) is 9.50. The second-order valence-electron chi connectivity index (χ2n) is 5.93. The maximum atomic E-state index is 11.8. The number of ether oxygens (including phenoxy) is 1. The van der Waals surface area contributed by atoms with Crippen molar-refractivity contribution in [1.29, 1.82) is 0 Å². The lowest BCUT2D eigenvalue weighted by molar-refractivity contribution is -0.385. The van der Waals surface area contributed by atoms with Gasteiger partial charge < -0.3 is 9.15 Å². The number of hydrogen-bond donors (Lipinski definition) is 1. The Balaban J connectivity index is 1.59. The fourth-order valence-electron chi connectivity index (χ4n) is 2.51. The molecule has 0 fully saturated rings. The molecule has 158 valence electrons. The van der Waals surface area contributed by atoms with Crippen LogP contribution >= 0.6 is 11.6 Å². The maximum absolute atomic E-state index is 11.8. The zero-order valence-electron chi connectivity index (χ0n) is 15.6. The summed E-state index contributed by atoms with van der Waals surface area (Å²) in [4.78, 5) is 32.8. The van der Waals surface area contributed by atoms with Gasteiger partial charge in [-0.2, -0.15) is 5.10 Å². The number of nitrogens with zero attached hydrogens (tertiary/aromatic N) is 3. The number of carbonyl (C=O) groups excluding carboxylic acids is 1. The van der Waals surface area contributed by atoms with Gasteiger partial charge >= 0.3 is 5.69 Å². The van der Waals surface area contributed by atoms with Crippen molar-refractivity contribution in [3.05, 3.63) is 85.6 Å². The zero-order chi connectivity index (χ0) is 22.4. The summed E-state index contributed by atoms with van der Waals surface area (Å²) in [5.74, 6) is -0.291. The van der Waals surface area contributed by atoms with Crippen LogP contribution in [0.5, 0.6) is 5.75 Å². The number of halogens is 1. The van der Waals surface area contributed by atoms with Crippen LogP contribution in [-0.4, -0.2) is 28.6 Å². The highest BCUT2D eigenvalue weighted by Crippen LogP contribution is 2.31. The summed E-state index contributed by atoms with van der Waals surface area (Å²) < 4.78 is 10.6. The van der Waals surface area contributed by atoms with Crippen molar-refractivity contribution in [3.63, 3.8) is 0 Å². The SMILES string of the molecule is O=C(COc1ccc(Cl)cc1[N+](=O)[O-])N/N=C\c1ccc(-c2ccccc2[N+](=O)[O-])o1. The molecule has 0 radical (unpaired) electrons. The Morgan fingerprint density at radius 3 is 2.58 bits per heavy atom. The number of furan rings is 1. The highest BCUT2D eigenvalue weighted by molar-refractivity contribution is 6.30. The molecule has 0 aliphatic rings. The Kier molecular flexibility index (Phi) is 6.58. The number of nitrogens with one attached hydrogen (secondary N) is 1. The first kappa shape index (κ1) is 21.5. The van der Waals surface area contributed by atoms with Gasteiger partial charge in [0.2, 0.25) is 0 Å². The van der Waals surface area contributed by atoms with Crippen LogP contribution in [0.3, 0.4) is 0 Å². The summed E-state index contributed by atoms with van der Waals surface area (Å²) in [6.45, 7) is -0.528. The molecular weight excluding hydrogens is 432 g/mol. The van der Waals surface area contributed by atoms with Gasteiger partial charge in [0.25, 0.3) is 11.6 Å². The summed E-state index contributed by atoms with van der Waals surface area (Å²) in [6, 6.07) is 12.9. The molecule has 0 unspecified atom stereocenters. The van der Waals surface area contributed by atoms with Gasteiger partial charge in [0.1, 0.15) is 11.5 Å². The molecule has 0 aliphatic carbocycles. The average Bonchev–Trinajstić information content (AvgIpc) is 3.21. The van der Waals surface area contributed by atoms with Crippen LogP contribution in [0.2, 0.25) is 5.02 Å². The number of nitro groups is 2. The Morgan fingerprint density at radius 1 is 1.10 bits per heavy atom. The highest BCUT2D eigenvalue weighted by Gasteiger charge is 2.18. The quantitative estimate of drug-likeness (QED) is 0.314. The first-order valence-corrected chi connectivity index (χ1v) is 8.95. The summed E-state index contributed by atoms with van der Waals surface area (Å²) in [7, 11) is 0. The van der Waals surface area contributed by atoms with Gasteiger partial charge in [-0.05, 0) is 30.3 Å².